The Morgan fingerprint density at radius 1 is 1.50 bits per heavy atom. The number of aliphatic hydroxyl groups excluding tert-OH is 1. The van der Waals surface area contributed by atoms with E-state index in [2.05, 4.69) is 0 Å². The van der Waals surface area contributed by atoms with Gasteiger partial charge in [-0.2, -0.15) is 0 Å². The van der Waals surface area contributed by atoms with E-state index in [4.69, 9.17) is 16.3 Å². The van der Waals surface area contributed by atoms with Crippen molar-refractivity contribution in [2.24, 2.45) is 5.92 Å². The highest BCUT2D eigenvalue weighted by Crippen LogP contribution is 2.62. The SMILES string of the molecule is [2H]C([2H])([2H])Oc1ccc2c3c1OC1C(O)C=C[C@H]4[C@H](N(C)CC[C@]314)C2([2H])[2H]. The molecule has 22 heavy (non-hydrogen) atoms. The van der Waals surface area contributed by atoms with Crippen LogP contribution in [0.5, 0.6) is 11.5 Å². The smallest absolute Gasteiger partial charge is 0.165 e. The van der Waals surface area contributed by atoms with Crippen LogP contribution in [0, 0.1) is 5.92 Å². The molecule has 1 fully saturated rings. The zero-order valence-electron chi connectivity index (χ0n) is 17.2. The van der Waals surface area contributed by atoms with Crippen molar-refractivity contribution in [1.82, 2.24) is 4.90 Å². The number of nitrogens with zero attached hydrogens (tertiary/aromatic N) is 1. The molecular formula is C18H21NO3. The normalized spacial score (nSPS) is 47.3. The summed E-state index contributed by atoms with van der Waals surface area (Å²) in [5, 5.41) is 10.6. The van der Waals surface area contributed by atoms with Crippen molar-refractivity contribution in [3.63, 3.8) is 0 Å². The Labute approximate surface area is 137 Å². The molecule has 2 heterocycles. The van der Waals surface area contributed by atoms with Gasteiger partial charge in [0.15, 0.2) is 11.5 Å². The first-order chi connectivity index (χ1) is 12.6. The molecule has 4 heteroatoms. The van der Waals surface area contributed by atoms with Crippen molar-refractivity contribution in [3.05, 3.63) is 35.4 Å². The topological polar surface area (TPSA) is 41.9 Å². The molecule has 2 unspecified atom stereocenters. The Bertz CT molecular complexity index is 854. The molecule has 5 rings (SSSR count). The number of hydrogen-bond acceptors (Lipinski definition) is 4. The molecule has 1 saturated heterocycles. The van der Waals surface area contributed by atoms with E-state index in [1.165, 1.54) is 6.07 Å². The van der Waals surface area contributed by atoms with Gasteiger partial charge in [0.25, 0.3) is 0 Å². The third-order valence-electron chi connectivity index (χ3n) is 5.87. The summed E-state index contributed by atoms with van der Waals surface area (Å²) >= 11 is 0. The number of rotatable bonds is 1. The lowest BCUT2D eigenvalue weighted by Crippen LogP contribution is -2.64. The maximum atomic E-state index is 10.6. The maximum Gasteiger partial charge on any atom is 0.165 e. The first kappa shape index (κ1) is 8.94. The average Bonchev–Trinajstić information content (AvgIpc) is 2.90. The fourth-order valence-electron chi connectivity index (χ4n) is 4.91. The third kappa shape index (κ3) is 1.28. The minimum absolute atomic E-state index is 0.0802. The Balaban J connectivity index is 1.81. The zero-order chi connectivity index (χ0) is 19.4. The number of piperidine rings is 1. The Morgan fingerprint density at radius 2 is 2.41 bits per heavy atom. The van der Waals surface area contributed by atoms with Crippen LogP contribution in [0.4, 0.5) is 0 Å². The van der Waals surface area contributed by atoms with Gasteiger partial charge in [0.05, 0.1) is 11.2 Å². The minimum Gasteiger partial charge on any atom is -0.493 e. The number of methoxy groups -OCH3 is 1. The van der Waals surface area contributed by atoms with Crippen LogP contribution in [0.1, 0.15) is 24.4 Å². The van der Waals surface area contributed by atoms with Crippen LogP contribution in [0.3, 0.4) is 0 Å². The molecule has 0 aromatic heterocycles. The summed E-state index contributed by atoms with van der Waals surface area (Å²) in [5.41, 5.74) is 0.612. The highest BCUT2D eigenvalue weighted by molar-refractivity contribution is 5.62. The predicted octanol–water partition coefficient (Wildman–Crippen LogP) is 1.50. The predicted molar refractivity (Wildman–Crippen MR) is 82.5 cm³/mol. The summed E-state index contributed by atoms with van der Waals surface area (Å²) in [6.07, 6.45) is 1.24. The number of hydrogen-bond donors (Lipinski definition) is 1. The summed E-state index contributed by atoms with van der Waals surface area (Å²) < 4.78 is 51.4. The number of ether oxygens (including phenoxy) is 2. The fourth-order valence-corrected chi connectivity index (χ4v) is 4.91. The molecule has 2 aliphatic heterocycles. The van der Waals surface area contributed by atoms with Crippen LogP contribution >= 0.6 is 0 Å². The molecule has 1 aromatic rings. The van der Waals surface area contributed by atoms with E-state index >= 15 is 0 Å². The van der Waals surface area contributed by atoms with Gasteiger partial charge < -0.3 is 19.5 Å². The van der Waals surface area contributed by atoms with Crippen molar-refractivity contribution >= 4 is 0 Å². The van der Waals surface area contributed by atoms with E-state index in [1.54, 1.807) is 12.1 Å². The fraction of sp³-hybridized carbons (Fsp3) is 0.556. The number of likely N-dealkylation sites (N-methyl/N-ethyl adjacent to an activating group) is 1. The van der Waals surface area contributed by atoms with Gasteiger partial charge in [-0.05, 0) is 38.0 Å². The standard InChI is InChI=1S/C18H21NO3/c1-19-8-7-18-11-4-5-13(20)17(18)22-16-14(21-2)6-3-10(15(16)18)9-12(11)19/h3-6,11-13,17,20H,7-9H2,1-2H3/t11-,12+,13?,17?,18-/m0/s1/i2D3,9D2. The van der Waals surface area contributed by atoms with Crippen LogP contribution in [0.15, 0.2) is 24.3 Å². The van der Waals surface area contributed by atoms with Crippen LogP contribution < -0.4 is 9.47 Å². The average molecular weight is 304 g/mol. The first-order valence-corrected chi connectivity index (χ1v) is 7.67. The highest BCUT2D eigenvalue weighted by Gasteiger charge is 2.64. The van der Waals surface area contributed by atoms with Crippen LogP contribution in [-0.2, 0) is 11.8 Å². The van der Waals surface area contributed by atoms with Crippen molar-refractivity contribution in [2.75, 3.05) is 20.6 Å². The Kier molecular flexibility index (Phi) is 1.65. The summed E-state index contributed by atoms with van der Waals surface area (Å²) in [4.78, 5) is 2.04. The van der Waals surface area contributed by atoms with E-state index in [0.29, 0.717) is 24.1 Å². The number of aliphatic hydroxyl groups is 1. The number of benzene rings is 1. The summed E-state index contributed by atoms with van der Waals surface area (Å²) in [5.74, 6) is 0.182. The van der Waals surface area contributed by atoms with Gasteiger partial charge in [0, 0.05) is 25.7 Å². The van der Waals surface area contributed by atoms with Gasteiger partial charge in [-0.3, -0.25) is 0 Å². The van der Waals surface area contributed by atoms with Crippen molar-refractivity contribution < 1.29 is 21.4 Å². The molecule has 4 nitrogen and oxygen atoms in total. The molecule has 5 atom stereocenters. The summed E-state index contributed by atoms with van der Waals surface area (Å²) in [7, 11) is -0.712. The van der Waals surface area contributed by atoms with Gasteiger partial charge in [-0.25, -0.2) is 0 Å². The van der Waals surface area contributed by atoms with Crippen LogP contribution in [0.2, 0.25) is 0 Å². The first-order valence-electron chi connectivity index (χ1n) is 10.2. The van der Waals surface area contributed by atoms with Gasteiger partial charge in [0.1, 0.15) is 12.2 Å². The second-order valence-electron chi connectivity index (χ2n) is 6.72. The van der Waals surface area contributed by atoms with E-state index in [1.807, 2.05) is 18.0 Å². The van der Waals surface area contributed by atoms with Crippen LogP contribution in [-0.4, -0.2) is 48.9 Å². The lowest BCUT2D eigenvalue weighted by atomic mass is 9.53. The van der Waals surface area contributed by atoms with E-state index in [9.17, 15) is 5.11 Å². The van der Waals surface area contributed by atoms with Crippen molar-refractivity contribution in [2.45, 2.75) is 36.5 Å². The molecule has 0 saturated carbocycles. The lowest BCUT2D eigenvalue weighted by Gasteiger charge is -2.56. The molecule has 4 aliphatic rings. The molecule has 0 amide bonds. The molecule has 1 spiro atoms. The van der Waals surface area contributed by atoms with Gasteiger partial charge in [0.2, 0.25) is 0 Å². The molecule has 2 aliphatic carbocycles. The third-order valence-corrected chi connectivity index (χ3v) is 5.87. The van der Waals surface area contributed by atoms with Crippen LogP contribution in [0.25, 0.3) is 0 Å². The van der Waals surface area contributed by atoms with E-state index in [0.717, 1.165) is 0 Å². The minimum atomic E-state index is -2.64. The second-order valence-corrected chi connectivity index (χ2v) is 6.72. The number of likely N-dealkylation sites (tertiary alicyclic amines) is 1. The Morgan fingerprint density at radius 3 is 3.27 bits per heavy atom. The quantitative estimate of drug-likeness (QED) is 0.799. The lowest BCUT2D eigenvalue weighted by molar-refractivity contribution is -0.0453. The summed E-state index contributed by atoms with van der Waals surface area (Å²) in [6.45, 7) is 0.671. The second kappa shape index (κ2) is 4.06. The summed E-state index contributed by atoms with van der Waals surface area (Å²) in [6, 6.07) is 2.72. The van der Waals surface area contributed by atoms with Crippen molar-refractivity contribution in [1.29, 1.82) is 0 Å². The molecule has 116 valence electrons. The Hall–Kier alpha value is -1.52. The molecule has 1 aromatic carbocycles. The maximum absolute atomic E-state index is 10.6. The monoisotopic (exact) mass is 304 g/mol. The van der Waals surface area contributed by atoms with Crippen molar-refractivity contribution in [3.8, 4) is 11.5 Å². The van der Waals surface area contributed by atoms with Gasteiger partial charge >= 0.3 is 0 Å². The molecule has 2 bridgehead atoms. The van der Waals surface area contributed by atoms with E-state index in [-0.39, 0.29) is 23.5 Å². The highest BCUT2D eigenvalue weighted by atomic mass is 16.5. The molecular weight excluding hydrogens is 278 g/mol. The van der Waals surface area contributed by atoms with Gasteiger partial charge in [-0.15, -0.1) is 0 Å². The molecule has 0 radical (unpaired) electrons. The molecule has 1 N–H and O–H groups in total. The zero-order valence-corrected chi connectivity index (χ0v) is 12.2. The van der Waals surface area contributed by atoms with E-state index < -0.39 is 31.0 Å². The largest absolute Gasteiger partial charge is 0.493 e. The van der Waals surface area contributed by atoms with Gasteiger partial charge in [-0.1, -0.05) is 18.2 Å².